The number of carbonyl (C=O) groups excluding carboxylic acids is 3. The van der Waals surface area contributed by atoms with Crippen LogP contribution in [0.2, 0.25) is 0 Å². The van der Waals surface area contributed by atoms with Crippen molar-refractivity contribution in [1.82, 2.24) is 15.5 Å². The molecule has 2 N–H and O–H groups in total. The van der Waals surface area contributed by atoms with Crippen LogP contribution in [0.4, 0.5) is 4.79 Å². The zero-order valence-electron chi connectivity index (χ0n) is 17.8. The number of imide groups is 1. The van der Waals surface area contributed by atoms with Crippen LogP contribution in [0.5, 0.6) is 5.75 Å². The molecular formula is C24H27N3O4. The highest BCUT2D eigenvalue weighted by molar-refractivity contribution is 6.09. The molecule has 1 heterocycles. The molecule has 2 aliphatic rings. The van der Waals surface area contributed by atoms with Crippen molar-refractivity contribution in [1.29, 1.82) is 0 Å². The molecule has 0 unspecified atom stereocenters. The summed E-state index contributed by atoms with van der Waals surface area (Å²) in [5.41, 5.74) is 2.02. The maximum Gasteiger partial charge on any atom is 0.325 e. The molecule has 0 bridgehead atoms. The van der Waals surface area contributed by atoms with Gasteiger partial charge in [-0.3, -0.25) is 14.5 Å². The van der Waals surface area contributed by atoms with E-state index in [4.69, 9.17) is 4.74 Å². The van der Waals surface area contributed by atoms with Crippen molar-refractivity contribution in [2.24, 2.45) is 0 Å². The number of fused-ring (bicyclic) bond motifs is 1. The Labute approximate surface area is 181 Å². The molecule has 4 rings (SSSR count). The molecule has 1 fully saturated rings. The Morgan fingerprint density at radius 2 is 1.94 bits per heavy atom. The summed E-state index contributed by atoms with van der Waals surface area (Å²) in [6, 6.07) is 14.8. The average Bonchev–Trinajstić information content (AvgIpc) is 2.97. The second kappa shape index (κ2) is 8.41. The van der Waals surface area contributed by atoms with Crippen LogP contribution >= 0.6 is 0 Å². The van der Waals surface area contributed by atoms with Crippen LogP contribution in [-0.4, -0.2) is 41.9 Å². The second-order valence-corrected chi connectivity index (χ2v) is 8.35. The zero-order valence-corrected chi connectivity index (χ0v) is 17.8. The molecule has 0 spiro atoms. The molecule has 162 valence electrons. The number of amides is 4. The van der Waals surface area contributed by atoms with Gasteiger partial charge in [-0.25, -0.2) is 4.79 Å². The standard InChI is InChI=1S/C24H27N3O4/c1-24(14-17-9-4-6-13-20(17)31-2)22(29)27(23(30)26-24)15-21(28)25-19-12-7-10-16-8-3-5-11-18(16)19/h3-6,8-9,11,13,19H,7,10,12,14-15H2,1-2H3,(H,25,28)(H,26,30)/t19-,24+/m1/s1. The van der Waals surface area contributed by atoms with Gasteiger partial charge in [0.15, 0.2) is 0 Å². The summed E-state index contributed by atoms with van der Waals surface area (Å²) in [7, 11) is 1.57. The topological polar surface area (TPSA) is 87.7 Å². The monoisotopic (exact) mass is 421 g/mol. The predicted molar refractivity (Wildman–Crippen MR) is 116 cm³/mol. The van der Waals surface area contributed by atoms with E-state index < -0.39 is 17.5 Å². The molecule has 0 saturated carbocycles. The molecule has 4 amide bonds. The van der Waals surface area contributed by atoms with Crippen molar-refractivity contribution in [3.05, 3.63) is 65.2 Å². The minimum absolute atomic E-state index is 0.0989. The number of carbonyl (C=O) groups is 3. The molecule has 7 heteroatoms. The lowest BCUT2D eigenvalue weighted by atomic mass is 9.88. The predicted octanol–water partition coefficient (Wildman–Crippen LogP) is 2.74. The highest BCUT2D eigenvalue weighted by Crippen LogP contribution is 2.30. The van der Waals surface area contributed by atoms with E-state index >= 15 is 0 Å². The van der Waals surface area contributed by atoms with Gasteiger partial charge in [0.25, 0.3) is 5.91 Å². The highest BCUT2D eigenvalue weighted by atomic mass is 16.5. The van der Waals surface area contributed by atoms with Crippen LogP contribution in [0, 0.1) is 0 Å². The first-order valence-electron chi connectivity index (χ1n) is 10.5. The molecule has 1 aliphatic heterocycles. The van der Waals surface area contributed by atoms with Crippen LogP contribution in [-0.2, 0) is 22.4 Å². The lowest BCUT2D eigenvalue weighted by molar-refractivity contribution is -0.134. The van der Waals surface area contributed by atoms with Crippen molar-refractivity contribution < 1.29 is 19.1 Å². The molecule has 2 aromatic carbocycles. The van der Waals surface area contributed by atoms with Crippen molar-refractivity contribution in [2.75, 3.05) is 13.7 Å². The molecule has 0 aromatic heterocycles. The van der Waals surface area contributed by atoms with E-state index in [1.165, 1.54) is 5.56 Å². The maximum absolute atomic E-state index is 13.1. The average molecular weight is 421 g/mol. The fourth-order valence-corrected chi connectivity index (χ4v) is 4.53. The maximum atomic E-state index is 13.1. The highest BCUT2D eigenvalue weighted by Gasteiger charge is 2.48. The van der Waals surface area contributed by atoms with Gasteiger partial charge in [0, 0.05) is 6.42 Å². The first kappa shape index (κ1) is 20.9. The summed E-state index contributed by atoms with van der Waals surface area (Å²) < 4.78 is 5.37. The van der Waals surface area contributed by atoms with Gasteiger partial charge in [0.1, 0.15) is 17.8 Å². The van der Waals surface area contributed by atoms with Crippen molar-refractivity contribution >= 4 is 17.8 Å². The number of hydrogen-bond acceptors (Lipinski definition) is 4. The summed E-state index contributed by atoms with van der Waals surface area (Å²) in [6.45, 7) is 1.37. The van der Waals surface area contributed by atoms with E-state index in [1.807, 2.05) is 42.5 Å². The molecule has 1 saturated heterocycles. The molecule has 2 atom stereocenters. The number of nitrogens with one attached hydrogen (secondary N) is 2. The molecule has 0 radical (unpaired) electrons. The van der Waals surface area contributed by atoms with Crippen LogP contribution in [0.15, 0.2) is 48.5 Å². The van der Waals surface area contributed by atoms with E-state index in [0.29, 0.717) is 5.75 Å². The van der Waals surface area contributed by atoms with Gasteiger partial charge in [-0.1, -0.05) is 42.5 Å². The Balaban J connectivity index is 1.44. The number of urea groups is 1. The Kier molecular flexibility index (Phi) is 5.67. The molecule has 2 aromatic rings. The summed E-state index contributed by atoms with van der Waals surface area (Å²) in [5, 5.41) is 5.76. The number of hydrogen-bond donors (Lipinski definition) is 2. The number of ether oxygens (including phenoxy) is 1. The van der Waals surface area contributed by atoms with Crippen LogP contribution in [0.1, 0.15) is 42.5 Å². The fraction of sp³-hybridized carbons (Fsp3) is 0.375. The Morgan fingerprint density at radius 3 is 2.74 bits per heavy atom. The lowest BCUT2D eigenvalue weighted by Gasteiger charge is -2.27. The second-order valence-electron chi connectivity index (χ2n) is 8.35. The first-order chi connectivity index (χ1) is 14.9. The number of nitrogens with zero attached hydrogens (tertiary/aromatic N) is 1. The first-order valence-corrected chi connectivity index (χ1v) is 10.5. The lowest BCUT2D eigenvalue weighted by Crippen LogP contribution is -2.47. The van der Waals surface area contributed by atoms with E-state index in [0.717, 1.165) is 35.3 Å². The number of rotatable bonds is 6. The van der Waals surface area contributed by atoms with E-state index in [2.05, 4.69) is 16.7 Å². The number of aryl methyl sites for hydroxylation is 1. The van der Waals surface area contributed by atoms with Gasteiger partial charge in [-0.2, -0.15) is 0 Å². The van der Waals surface area contributed by atoms with E-state index in [-0.39, 0.29) is 24.9 Å². The van der Waals surface area contributed by atoms with Gasteiger partial charge in [0.05, 0.1) is 13.2 Å². The van der Waals surface area contributed by atoms with Crippen LogP contribution < -0.4 is 15.4 Å². The summed E-state index contributed by atoms with van der Waals surface area (Å²) in [5.74, 6) is -0.104. The van der Waals surface area contributed by atoms with Crippen molar-refractivity contribution in [2.45, 2.75) is 44.2 Å². The van der Waals surface area contributed by atoms with Gasteiger partial charge < -0.3 is 15.4 Å². The smallest absolute Gasteiger partial charge is 0.325 e. The van der Waals surface area contributed by atoms with E-state index in [1.54, 1.807) is 14.0 Å². The van der Waals surface area contributed by atoms with Gasteiger partial charge in [0.2, 0.25) is 5.91 Å². The minimum Gasteiger partial charge on any atom is -0.496 e. The summed E-state index contributed by atoms with van der Waals surface area (Å²) >= 11 is 0. The molecule has 1 aliphatic carbocycles. The Hall–Kier alpha value is -3.35. The number of benzene rings is 2. The summed E-state index contributed by atoms with van der Waals surface area (Å²) in [4.78, 5) is 39.4. The third kappa shape index (κ3) is 4.13. The van der Waals surface area contributed by atoms with E-state index in [9.17, 15) is 14.4 Å². The van der Waals surface area contributed by atoms with Crippen LogP contribution in [0.3, 0.4) is 0 Å². The number of methoxy groups -OCH3 is 1. The minimum atomic E-state index is -1.14. The van der Waals surface area contributed by atoms with Crippen molar-refractivity contribution in [3.63, 3.8) is 0 Å². The summed E-state index contributed by atoms with van der Waals surface area (Å²) in [6.07, 6.45) is 3.10. The van der Waals surface area contributed by atoms with Gasteiger partial charge in [-0.15, -0.1) is 0 Å². The van der Waals surface area contributed by atoms with Crippen molar-refractivity contribution in [3.8, 4) is 5.75 Å². The van der Waals surface area contributed by atoms with Crippen LogP contribution in [0.25, 0.3) is 0 Å². The largest absolute Gasteiger partial charge is 0.496 e. The zero-order chi connectivity index (χ0) is 22.0. The van der Waals surface area contributed by atoms with Gasteiger partial charge >= 0.3 is 6.03 Å². The normalized spacial score (nSPS) is 22.6. The SMILES string of the molecule is COc1ccccc1C[C@]1(C)NC(=O)N(CC(=O)N[C@@H]2CCCc3ccccc32)C1=O. The quantitative estimate of drug-likeness (QED) is 0.702. The fourth-order valence-electron chi connectivity index (χ4n) is 4.53. The Morgan fingerprint density at radius 1 is 1.19 bits per heavy atom. The number of para-hydroxylation sites is 1. The Bertz CT molecular complexity index is 1020. The third-order valence-electron chi connectivity index (χ3n) is 6.09. The third-order valence-corrected chi connectivity index (χ3v) is 6.09. The van der Waals surface area contributed by atoms with Gasteiger partial charge in [-0.05, 0) is 48.9 Å². The molecule has 7 nitrogen and oxygen atoms in total. The molecule has 31 heavy (non-hydrogen) atoms. The molecular weight excluding hydrogens is 394 g/mol.